The molecule has 0 atom stereocenters. The number of carbonyl (C=O) groups is 1. The highest BCUT2D eigenvalue weighted by molar-refractivity contribution is 6.14. The van der Waals surface area contributed by atoms with Gasteiger partial charge in [-0.1, -0.05) is 12.1 Å². The number of carbonyl (C=O) groups excluding carboxylic acids is 1. The minimum absolute atomic E-state index is 0.140. The first-order valence-corrected chi connectivity index (χ1v) is 7.64. The minimum atomic E-state index is -0.249. The van der Waals surface area contributed by atoms with Gasteiger partial charge >= 0.3 is 0 Å². The number of benzene rings is 2. The molecule has 5 N–H and O–H groups in total. The van der Waals surface area contributed by atoms with Gasteiger partial charge in [0, 0.05) is 24.2 Å². The summed E-state index contributed by atoms with van der Waals surface area (Å²) in [5.74, 6) is -1.08. The van der Waals surface area contributed by atoms with Crippen molar-refractivity contribution in [3.8, 4) is 23.0 Å². The molecule has 0 saturated carbocycles. The molecular weight excluding hydrogens is 322 g/mol. The number of phenols is 4. The zero-order chi connectivity index (χ0) is 18.0. The summed E-state index contributed by atoms with van der Waals surface area (Å²) in [5, 5.41) is 40.9. The van der Waals surface area contributed by atoms with Crippen molar-refractivity contribution in [2.45, 2.75) is 0 Å². The molecule has 2 aromatic rings. The number of ketones is 1. The van der Waals surface area contributed by atoms with Crippen molar-refractivity contribution in [1.29, 1.82) is 0 Å². The third-order valence-electron chi connectivity index (χ3n) is 3.89. The lowest BCUT2D eigenvalue weighted by molar-refractivity contribution is -0.112. The molecule has 128 valence electrons. The zero-order valence-corrected chi connectivity index (χ0v) is 13.2. The van der Waals surface area contributed by atoms with Crippen LogP contribution in [0.1, 0.15) is 11.1 Å². The Kier molecular flexibility index (Phi) is 4.45. The first-order chi connectivity index (χ1) is 11.9. The van der Waals surface area contributed by atoms with Gasteiger partial charge in [-0.3, -0.25) is 4.79 Å². The van der Waals surface area contributed by atoms with Gasteiger partial charge < -0.3 is 25.7 Å². The van der Waals surface area contributed by atoms with Gasteiger partial charge in [-0.2, -0.15) is 0 Å². The van der Waals surface area contributed by atoms with Crippen LogP contribution in [-0.4, -0.2) is 39.3 Å². The summed E-state index contributed by atoms with van der Waals surface area (Å²) in [6, 6.07) is 8.69. The van der Waals surface area contributed by atoms with Crippen LogP contribution in [0.4, 0.5) is 0 Å². The van der Waals surface area contributed by atoms with E-state index in [1.165, 1.54) is 24.3 Å². The number of aromatic hydroxyl groups is 4. The van der Waals surface area contributed by atoms with E-state index in [1.807, 2.05) is 0 Å². The van der Waals surface area contributed by atoms with Gasteiger partial charge in [0.15, 0.2) is 28.8 Å². The van der Waals surface area contributed by atoms with Crippen LogP contribution in [0.15, 0.2) is 47.5 Å². The van der Waals surface area contributed by atoms with E-state index in [0.29, 0.717) is 35.4 Å². The Morgan fingerprint density at radius 2 is 1.16 bits per heavy atom. The second-order valence-electron chi connectivity index (χ2n) is 5.77. The van der Waals surface area contributed by atoms with Crippen molar-refractivity contribution in [1.82, 2.24) is 5.32 Å². The lowest BCUT2D eigenvalue weighted by atomic mass is 9.95. The molecule has 0 radical (unpaired) electrons. The van der Waals surface area contributed by atoms with Crippen LogP contribution in [-0.2, 0) is 4.79 Å². The number of piperidine rings is 1. The number of hydrogen-bond donors (Lipinski definition) is 5. The molecule has 25 heavy (non-hydrogen) atoms. The van der Waals surface area contributed by atoms with E-state index < -0.39 is 0 Å². The second-order valence-corrected chi connectivity index (χ2v) is 5.77. The van der Waals surface area contributed by atoms with E-state index in [9.17, 15) is 25.2 Å². The van der Waals surface area contributed by atoms with Crippen LogP contribution in [0.5, 0.6) is 23.0 Å². The van der Waals surface area contributed by atoms with Crippen molar-refractivity contribution in [3.63, 3.8) is 0 Å². The number of phenolic OH excluding ortho intramolecular Hbond substituents is 4. The van der Waals surface area contributed by atoms with Crippen LogP contribution in [0.2, 0.25) is 0 Å². The Morgan fingerprint density at radius 3 is 1.56 bits per heavy atom. The Balaban J connectivity index is 1.89. The maximum absolute atomic E-state index is 12.6. The molecule has 0 aliphatic carbocycles. The Labute approximate surface area is 144 Å². The molecule has 1 aliphatic rings. The van der Waals surface area contributed by atoms with Crippen molar-refractivity contribution >= 4 is 17.9 Å². The van der Waals surface area contributed by atoms with Gasteiger partial charge in [0.1, 0.15) is 0 Å². The fraction of sp³-hybridized carbons (Fsp3) is 0.105. The van der Waals surface area contributed by atoms with E-state index in [2.05, 4.69) is 5.32 Å². The van der Waals surface area contributed by atoms with E-state index >= 15 is 0 Å². The highest BCUT2D eigenvalue weighted by Crippen LogP contribution is 2.28. The van der Waals surface area contributed by atoms with Gasteiger partial charge in [-0.05, 0) is 47.5 Å². The van der Waals surface area contributed by atoms with Crippen molar-refractivity contribution in [2.75, 3.05) is 13.1 Å². The Morgan fingerprint density at radius 1 is 0.720 bits per heavy atom. The average Bonchev–Trinajstić information content (AvgIpc) is 2.58. The van der Waals surface area contributed by atoms with E-state index in [0.717, 1.165) is 0 Å². The van der Waals surface area contributed by atoms with E-state index in [4.69, 9.17) is 0 Å². The maximum atomic E-state index is 12.6. The van der Waals surface area contributed by atoms with Crippen LogP contribution in [0.25, 0.3) is 12.2 Å². The van der Waals surface area contributed by atoms with Crippen molar-refractivity contribution in [2.24, 2.45) is 0 Å². The Hall–Kier alpha value is -3.25. The normalized spacial score (nSPS) is 18.0. The van der Waals surface area contributed by atoms with Gasteiger partial charge in [0.2, 0.25) is 0 Å². The summed E-state index contributed by atoms with van der Waals surface area (Å²) in [6.07, 6.45) is 3.30. The number of rotatable bonds is 2. The predicted molar refractivity (Wildman–Crippen MR) is 93.4 cm³/mol. The molecule has 6 heteroatoms. The third kappa shape index (κ3) is 3.64. The fourth-order valence-corrected chi connectivity index (χ4v) is 2.59. The smallest absolute Gasteiger partial charge is 0.187 e. The summed E-state index contributed by atoms with van der Waals surface area (Å²) < 4.78 is 0. The maximum Gasteiger partial charge on any atom is 0.187 e. The number of nitrogens with one attached hydrogen (secondary N) is 1. The van der Waals surface area contributed by atoms with Crippen LogP contribution < -0.4 is 5.32 Å². The molecule has 2 aromatic carbocycles. The molecule has 1 saturated heterocycles. The molecule has 1 fully saturated rings. The minimum Gasteiger partial charge on any atom is -0.504 e. The molecule has 1 aliphatic heterocycles. The average molecular weight is 339 g/mol. The lowest BCUT2D eigenvalue weighted by Crippen LogP contribution is -2.32. The topological polar surface area (TPSA) is 110 Å². The van der Waals surface area contributed by atoms with Crippen LogP contribution in [0, 0.1) is 0 Å². The molecule has 0 bridgehead atoms. The molecular formula is C19H17NO5. The SMILES string of the molecule is O=C1/C(=C\c2ccc(O)c(O)c2)CNC/C1=C\c1ccc(O)c(O)c1. The monoisotopic (exact) mass is 339 g/mol. The summed E-state index contributed by atoms with van der Waals surface area (Å²) in [7, 11) is 0. The zero-order valence-electron chi connectivity index (χ0n) is 13.2. The van der Waals surface area contributed by atoms with Gasteiger partial charge in [-0.15, -0.1) is 0 Å². The van der Waals surface area contributed by atoms with Crippen molar-refractivity contribution in [3.05, 3.63) is 58.7 Å². The van der Waals surface area contributed by atoms with E-state index in [-0.39, 0.29) is 28.8 Å². The molecule has 3 rings (SSSR count). The first-order valence-electron chi connectivity index (χ1n) is 7.64. The summed E-state index contributed by atoms with van der Waals surface area (Å²) in [6.45, 7) is 0.775. The third-order valence-corrected chi connectivity index (χ3v) is 3.89. The number of hydrogen-bond acceptors (Lipinski definition) is 6. The largest absolute Gasteiger partial charge is 0.504 e. The summed E-state index contributed by atoms with van der Waals surface area (Å²) in [5.41, 5.74) is 2.24. The molecule has 1 heterocycles. The lowest BCUT2D eigenvalue weighted by Gasteiger charge is -2.18. The van der Waals surface area contributed by atoms with Crippen molar-refractivity contribution < 1.29 is 25.2 Å². The quantitative estimate of drug-likeness (QED) is 0.424. The highest BCUT2D eigenvalue weighted by Gasteiger charge is 2.20. The van der Waals surface area contributed by atoms with E-state index in [1.54, 1.807) is 24.3 Å². The molecule has 0 aromatic heterocycles. The van der Waals surface area contributed by atoms with Crippen LogP contribution in [0.3, 0.4) is 0 Å². The predicted octanol–water partition coefficient (Wildman–Crippen LogP) is 2.15. The van der Waals surface area contributed by atoms with Gasteiger partial charge in [-0.25, -0.2) is 0 Å². The molecule has 0 unspecified atom stereocenters. The second kappa shape index (κ2) is 6.70. The van der Waals surface area contributed by atoms with Gasteiger partial charge in [0.25, 0.3) is 0 Å². The Bertz CT molecular complexity index is 827. The molecule has 0 spiro atoms. The first kappa shape index (κ1) is 16.6. The van der Waals surface area contributed by atoms with Crippen LogP contribution >= 0.6 is 0 Å². The summed E-state index contributed by atoms with van der Waals surface area (Å²) in [4.78, 5) is 12.6. The molecule has 6 nitrogen and oxygen atoms in total. The number of Topliss-reactive ketones (excluding diaryl/α,β-unsaturated/α-hetero) is 1. The summed E-state index contributed by atoms with van der Waals surface area (Å²) >= 11 is 0. The highest BCUT2D eigenvalue weighted by atomic mass is 16.3. The molecule has 0 amide bonds. The fourth-order valence-electron chi connectivity index (χ4n) is 2.59. The standard InChI is InChI=1S/C19H17NO5/c21-15-3-1-11(7-17(15)23)5-13-9-20-10-14(19(13)25)6-12-2-4-16(22)18(24)8-12/h1-8,20-24H,9-10H2/b13-5-,14-6+. The van der Waals surface area contributed by atoms with Gasteiger partial charge in [0.05, 0.1) is 0 Å².